The molecule has 2 aromatic carbocycles. The zero-order valence-electron chi connectivity index (χ0n) is 17.1. The Balaban J connectivity index is 1.78. The maximum absolute atomic E-state index is 12.7. The highest BCUT2D eigenvalue weighted by Crippen LogP contribution is 2.29. The van der Waals surface area contributed by atoms with E-state index in [0.29, 0.717) is 12.0 Å². The van der Waals surface area contributed by atoms with Crippen molar-refractivity contribution in [2.45, 2.75) is 32.2 Å². The summed E-state index contributed by atoms with van der Waals surface area (Å²) in [6.07, 6.45) is 1.02. The van der Waals surface area contributed by atoms with Crippen LogP contribution in [0.25, 0.3) is 0 Å². The van der Waals surface area contributed by atoms with Crippen molar-refractivity contribution in [1.82, 2.24) is 10.3 Å². The number of para-hydroxylation sites is 1. The molecular weight excluding hydrogens is 454 g/mol. The number of nitrogens with zero attached hydrogens (tertiary/aromatic N) is 1. The van der Waals surface area contributed by atoms with Crippen LogP contribution in [0.2, 0.25) is 0 Å². The van der Waals surface area contributed by atoms with Gasteiger partial charge in [-0.25, -0.2) is 4.98 Å². The van der Waals surface area contributed by atoms with Gasteiger partial charge in [0.05, 0.1) is 23.8 Å². The maximum Gasteiger partial charge on any atom is 0.357 e. The molecule has 0 aliphatic rings. The number of nitrogens with one attached hydrogen (secondary N) is 2. The third-order valence-electron chi connectivity index (χ3n) is 4.65. The molecule has 0 fully saturated rings. The second kappa shape index (κ2) is 9.98. The number of hydrogen-bond acceptors (Lipinski definition) is 7. The van der Waals surface area contributed by atoms with Crippen molar-refractivity contribution in [3.63, 3.8) is 0 Å². The van der Waals surface area contributed by atoms with Crippen LogP contribution < -0.4 is 10.0 Å². The number of anilines is 1. The molecule has 0 saturated heterocycles. The van der Waals surface area contributed by atoms with Gasteiger partial charge in [-0.2, -0.15) is 8.42 Å². The van der Waals surface area contributed by atoms with E-state index in [1.165, 1.54) is 29.5 Å². The average molecular weight is 478 g/mol. The highest BCUT2D eigenvalue weighted by atomic mass is 32.2. The van der Waals surface area contributed by atoms with Crippen LogP contribution in [0.15, 0.2) is 47.8 Å². The zero-order valence-corrected chi connectivity index (χ0v) is 18.8. The molecule has 11 heteroatoms. The standard InChI is InChI=1S/C21H23N3O6S2/c1-2-15-12-31-21(22-15)17(10-13-6-8-16(9-7-13)24-32(28,29)30)23-19(26)11-14-4-3-5-18(25)20(14)27/h3-9,12,17,24-25,27H,2,10-11H2,1H3,(H,23,26)(H,28,29,30)/t17-/m0/s1. The quantitative estimate of drug-likeness (QED) is 0.235. The summed E-state index contributed by atoms with van der Waals surface area (Å²) in [5, 5.41) is 25.2. The summed E-state index contributed by atoms with van der Waals surface area (Å²) in [6.45, 7) is 1.98. The lowest BCUT2D eigenvalue weighted by Gasteiger charge is -2.17. The molecule has 32 heavy (non-hydrogen) atoms. The highest BCUT2D eigenvalue weighted by Gasteiger charge is 2.20. The number of carbonyl (C=O) groups is 1. The van der Waals surface area contributed by atoms with Gasteiger partial charge < -0.3 is 15.5 Å². The first kappa shape index (κ1) is 23.5. The van der Waals surface area contributed by atoms with Gasteiger partial charge in [0, 0.05) is 10.9 Å². The van der Waals surface area contributed by atoms with Crippen LogP contribution in [-0.4, -0.2) is 34.1 Å². The molecule has 0 saturated carbocycles. The Morgan fingerprint density at radius 2 is 1.88 bits per heavy atom. The zero-order chi connectivity index (χ0) is 23.3. The number of aromatic hydroxyl groups is 2. The second-order valence-corrected chi connectivity index (χ2v) is 9.13. The lowest BCUT2D eigenvalue weighted by Crippen LogP contribution is -2.31. The van der Waals surface area contributed by atoms with Crippen LogP contribution in [-0.2, 0) is 34.4 Å². The number of benzene rings is 2. The number of rotatable bonds is 9. The first-order valence-corrected chi connectivity index (χ1v) is 12.0. The third-order valence-corrected chi connectivity index (χ3v) is 6.16. The van der Waals surface area contributed by atoms with Crippen molar-refractivity contribution in [2.24, 2.45) is 0 Å². The van der Waals surface area contributed by atoms with E-state index in [-0.39, 0.29) is 29.5 Å². The predicted molar refractivity (Wildman–Crippen MR) is 121 cm³/mol. The molecule has 3 rings (SSSR count). The normalized spacial score (nSPS) is 12.3. The molecule has 3 aromatic rings. The SMILES string of the molecule is CCc1csc([C@H](Cc2ccc(NS(=O)(=O)O)cc2)NC(=O)Cc2cccc(O)c2O)n1. The smallest absolute Gasteiger partial charge is 0.357 e. The van der Waals surface area contributed by atoms with Crippen molar-refractivity contribution in [1.29, 1.82) is 0 Å². The Labute approximate surface area is 189 Å². The molecule has 1 heterocycles. The van der Waals surface area contributed by atoms with E-state index >= 15 is 0 Å². The summed E-state index contributed by atoms with van der Waals surface area (Å²) in [4.78, 5) is 17.3. The third kappa shape index (κ3) is 6.42. The monoisotopic (exact) mass is 477 g/mol. The lowest BCUT2D eigenvalue weighted by atomic mass is 10.0. The molecule has 170 valence electrons. The van der Waals surface area contributed by atoms with Crippen LogP contribution in [0, 0.1) is 0 Å². The molecule has 1 atom stereocenters. The van der Waals surface area contributed by atoms with E-state index in [2.05, 4.69) is 10.3 Å². The van der Waals surface area contributed by atoms with Gasteiger partial charge in [0.25, 0.3) is 0 Å². The van der Waals surface area contributed by atoms with E-state index in [9.17, 15) is 23.4 Å². The molecule has 0 spiro atoms. The topological polar surface area (TPSA) is 149 Å². The van der Waals surface area contributed by atoms with E-state index in [1.54, 1.807) is 24.3 Å². The van der Waals surface area contributed by atoms with Crippen molar-refractivity contribution >= 4 is 33.2 Å². The van der Waals surface area contributed by atoms with Gasteiger partial charge in [-0.3, -0.25) is 14.1 Å². The first-order valence-electron chi connectivity index (χ1n) is 9.72. The van der Waals surface area contributed by atoms with Crippen molar-refractivity contribution < 1.29 is 28.0 Å². The number of hydrogen-bond donors (Lipinski definition) is 5. The largest absolute Gasteiger partial charge is 0.504 e. The fourth-order valence-corrected chi connectivity index (χ4v) is 4.46. The van der Waals surface area contributed by atoms with Gasteiger partial charge in [-0.1, -0.05) is 31.2 Å². The number of phenols is 2. The van der Waals surface area contributed by atoms with Crippen molar-refractivity contribution in [3.05, 3.63) is 69.7 Å². The molecule has 1 amide bonds. The van der Waals surface area contributed by atoms with E-state index in [1.807, 2.05) is 17.0 Å². The average Bonchev–Trinajstić information content (AvgIpc) is 3.20. The number of aryl methyl sites for hydroxylation is 1. The Hall–Kier alpha value is -3.15. The highest BCUT2D eigenvalue weighted by molar-refractivity contribution is 7.87. The van der Waals surface area contributed by atoms with Gasteiger partial charge in [0.15, 0.2) is 11.5 Å². The maximum atomic E-state index is 12.7. The van der Waals surface area contributed by atoms with E-state index in [4.69, 9.17) is 4.55 Å². The fourth-order valence-electron chi connectivity index (χ4n) is 3.08. The van der Waals surface area contributed by atoms with Crippen molar-refractivity contribution in [2.75, 3.05) is 4.72 Å². The van der Waals surface area contributed by atoms with Crippen LogP contribution in [0.4, 0.5) is 5.69 Å². The molecule has 5 N–H and O–H groups in total. The van der Waals surface area contributed by atoms with Crippen molar-refractivity contribution in [3.8, 4) is 11.5 Å². The van der Waals surface area contributed by atoms with Gasteiger partial charge in [0.2, 0.25) is 5.91 Å². The summed E-state index contributed by atoms with van der Waals surface area (Å²) >= 11 is 1.43. The number of phenolic OH excluding ortho intramolecular Hbond substituents is 2. The first-order chi connectivity index (χ1) is 15.1. The Morgan fingerprint density at radius 1 is 1.16 bits per heavy atom. The van der Waals surface area contributed by atoms with E-state index < -0.39 is 16.3 Å². The Morgan fingerprint density at radius 3 is 2.50 bits per heavy atom. The number of thiazole rings is 1. The lowest BCUT2D eigenvalue weighted by molar-refractivity contribution is -0.121. The van der Waals surface area contributed by atoms with Crippen LogP contribution in [0.1, 0.15) is 34.8 Å². The summed E-state index contributed by atoms with van der Waals surface area (Å²) in [5.74, 6) is -0.976. The molecule has 0 aliphatic carbocycles. The predicted octanol–water partition coefficient (Wildman–Crippen LogP) is 2.97. The number of aromatic nitrogens is 1. The van der Waals surface area contributed by atoms with Crippen LogP contribution in [0.3, 0.4) is 0 Å². The minimum absolute atomic E-state index is 0.125. The summed E-state index contributed by atoms with van der Waals surface area (Å²) in [5.41, 5.74) is 2.22. The number of amides is 1. The minimum atomic E-state index is -4.36. The molecular formula is C21H23N3O6S2. The van der Waals surface area contributed by atoms with Gasteiger partial charge >= 0.3 is 10.3 Å². The summed E-state index contributed by atoms with van der Waals surface area (Å²) in [7, 11) is -4.36. The minimum Gasteiger partial charge on any atom is -0.504 e. The molecule has 0 bridgehead atoms. The Kier molecular flexibility index (Phi) is 7.33. The van der Waals surface area contributed by atoms with Gasteiger partial charge in [-0.15, -0.1) is 11.3 Å². The fraction of sp³-hybridized carbons (Fsp3) is 0.238. The molecule has 9 nitrogen and oxygen atoms in total. The van der Waals surface area contributed by atoms with E-state index in [0.717, 1.165) is 22.7 Å². The second-order valence-electron chi connectivity index (χ2n) is 7.09. The Bertz CT molecular complexity index is 1190. The summed E-state index contributed by atoms with van der Waals surface area (Å²) < 4.78 is 32.8. The number of carbonyl (C=O) groups excluding carboxylic acids is 1. The molecule has 0 radical (unpaired) electrons. The molecule has 0 aliphatic heterocycles. The molecule has 0 unspecified atom stereocenters. The van der Waals surface area contributed by atoms with Crippen LogP contribution >= 0.6 is 11.3 Å². The molecule has 1 aromatic heterocycles. The summed E-state index contributed by atoms with van der Waals surface area (Å²) in [6, 6.07) is 10.4. The van der Waals surface area contributed by atoms with Crippen LogP contribution in [0.5, 0.6) is 11.5 Å². The van der Waals surface area contributed by atoms with Gasteiger partial charge in [-0.05, 0) is 36.6 Å². The van der Waals surface area contributed by atoms with Gasteiger partial charge in [0.1, 0.15) is 5.01 Å².